The summed E-state index contributed by atoms with van der Waals surface area (Å²) < 4.78 is 3.28. The fourth-order valence-electron chi connectivity index (χ4n) is 3.45. The van der Waals surface area contributed by atoms with Crippen LogP contribution in [-0.4, -0.2) is 4.57 Å². The number of aromatic nitrogens is 2. The van der Waals surface area contributed by atoms with Crippen LogP contribution in [0.1, 0.15) is 20.3 Å². The fraction of sp³-hybridized carbons (Fsp3) is 0.250. The normalized spacial score (nSPS) is 12.0. The second-order valence-electron chi connectivity index (χ2n) is 6.73. The molecule has 0 amide bonds. The molecule has 0 spiro atoms. The van der Waals surface area contributed by atoms with Gasteiger partial charge >= 0.3 is 0 Å². The lowest BCUT2D eigenvalue weighted by Gasteiger charge is -2.11. The summed E-state index contributed by atoms with van der Waals surface area (Å²) in [5.41, 5.74) is 2.91. The molecule has 0 unspecified atom stereocenters. The number of nitrogens with zero attached hydrogens (tertiary/aromatic N) is 2. The molecular weight excluding hydrogens is 320 g/mol. The van der Waals surface area contributed by atoms with Gasteiger partial charge in [0.1, 0.15) is 0 Å². The molecule has 2 aromatic carbocycles. The minimum atomic E-state index is 0.580. The Bertz CT molecular complexity index is 1070. The molecule has 0 saturated carbocycles. The number of para-hydroxylation sites is 1. The van der Waals surface area contributed by atoms with Crippen molar-refractivity contribution in [3.05, 3.63) is 58.9 Å². The van der Waals surface area contributed by atoms with Gasteiger partial charge in [-0.2, -0.15) is 4.73 Å². The number of fused-ring (bicyclic) bond motifs is 5. The average molecular weight is 339 g/mol. The maximum atomic E-state index is 12.5. The van der Waals surface area contributed by atoms with Gasteiger partial charge in [0.05, 0.1) is 16.3 Å². The first-order chi connectivity index (χ1) is 11.6. The number of pyridine rings is 1. The number of aryl methyl sites for hydroxylation is 1. The Morgan fingerprint density at radius 1 is 1.08 bits per heavy atom. The zero-order chi connectivity index (χ0) is 16.8. The lowest BCUT2D eigenvalue weighted by Crippen LogP contribution is -2.26. The average Bonchev–Trinajstić information content (AvgIpc) is 2.87. The van der Waals surface area contributed by atoms with Crippen molar-refractivity contribution in [3.63, 3.8) is 0 Å². The minimum Gasteiger partial charge on any atom is -0.618 e. The van der Waals surface area contributed by atoms with Gasteiger partial charge in [0.2, 0.25) is 5.52 Å². The first-order valence-corrected chi connectivity index (χ1v) is 8.66. The van der Waals surface area contributed by atoms with Crippen molar-refractivity contribution in [1.82, 2.24) is 4.57 Å². The standard InChI is InChI=1S/C20H19ClN2O/c1-13(2)9-10-22-18-6-4-3-5-15(18)17-12-23(24)19-11-14(21)7-8-16(19)20(17)22/h3-8,11-13H,9-10H2,1-2H3. The van der Waals surface area contributed by atoms with Gasteiger partial charge in [0, 0.05) is 28.5 Å². The van der Waals surface area contributed by atoms with Crippen LogP contribution < -0.4 is 4.73 Å². The molecule has 4 aromatic rings. The third kappa shape index (κ3) is 2.31. The van der Waals surface area contributed by atoms with E-state index in [4.69, 9.17) is 11.6 Å². The number of hydrogen-bond acceptors (Lipinski definition) is 1. The Kier molecular flexibility index (Phi) is 3.61. The second-order valence-corrected chi connectivity index (χ2v) is 7.17. The monoisotopic (exact) mass is 338 g/mol. The quantitative estimate of drug-likeness (QED) is 0.369. The van der Waals surface area contributed by atoms with Crippen molar-refractivity contribution in [2.24, 2.45) is 5.92 Å². The molecule has 2 heterocycles. The molecule has 4 heteroatoms. The predicted molar refractivity (Wildman–Crippen MR) is 100 cm³/mol. The molecule has 122 valence electrons. The Balaban J connectivity index is 2.16. The highest BCUT2D eigenvalue weighted by Gasteiger charge is 2.18. The van der Waals surface area contributed by atoms with E-state index < -0.39 is 0 Å². The largest absolute Gasteiger partial charge is 0.618 e. The first-order valence-electron chi connectivity index (χ1n) is 8.28. The van der Waals surface area contributed by atoms with E-state index in [1.165, 1.54) is 5.52 Å². The molecular formula is C20H19ClN2O. The van der Waals surface area contributed by atoms with E-state index in [1.807, 2.05) is 18.2 Å². The van der Waals surface area contributed by atoms with Crippen molar-refractivity contribution in [1.29, 1.82) is 0 Å². The molecule has 0 atom stereocenters. The van der Waals surface area contributed by atoms with Gasteiger partial charge in [-0.15, -0.1) is 0 Å². The van der Waals surface area contributed by atoms with Crippen LogP contribution in [0.15, 0.2) is 48.7 Å². The van der Waals surface area contributed by atoms with Crippen LogP contribution in [0.2, 0.25) is 5.02 Å². The van der Waals surface area contributed by atoms with Gasteiger partial charge in [0.25, 0.3) is 0 Å². The Labute approximate surface area is 145 Å². The zero-order valence-electron chi connectivity index (χ0n) is 13.8. The van der Waals surface area contributed by atoms with E-state index in [1.54, 1.807) is 12.3 Å². The smallest absolute Gasteiger partial charge is 0.227 e. The van der Waals surface area contributed by atoms with Crippen LogP contribution in [0.25, 0.3) is 32.7 Å². The summed E-state index contributed by atoms with van der Waals surface area (Å²) in [6, 6.07) is 13.9. The molecule has 0 bridgehead atoms. The van der Waals surface area contributed by atoms with Gasteiger partial charge in [-0.25, -0.2) is 0 Å². The molecule has 3 nitrogen and oxygen atoms in total. The van der Waals surface area contributed by atoms with Crippen LogP contribution in [0, 0.1) is 11.1 Å². The Morgan fingerprint density at radius 3 is 2.67 bits per heavy atom. The van der Waals surface area contributed by atoms with Crippen molar-refractivity contribution in [3.8, 4) is 0 Å². The molecule has 0 saturated heterocycles. The van der Waals surface area contributed by atoms with Crippen molar-refractivity contribution < 1.29 is 4.73 Å². The van der Waals surface area contributed by atoms with Gasteiger partial charge in [0.15, 0.2) is 6.20 Å². The number of rotatable bonds is 3. The van der Waals surface area contributed by atoms with E-state index in [0.29, 0.717) is 16.5 Å². The molecule has 0 radical (unpaired) electrons. The lowest BCUT2D eigenvalue weighted by molar-refractivity contribution is -0.575. The van der Waals surface area contributed by atoms with E-state index in [2.05, 4.69) is 36.6 Å². The van der Waals surface area contributed by atoms with Crippen LogP contribution in [0.3, 0.4) is 0 Å². The van der Waals surface area contributed by atoms with Crippen LogP contribution in [0.5, 0.6) is 0 Å². The summed E-state index contributed by atoms with van der Waals surface area (Å²) >= 11 is 6.10. The highest BCUT2D eigenvalue weighted by molar-refractivity contribution is 6.31. The summed E-state index contributed by atoms with van der Waals surface area (Å²) in [7, 11) is 0. The Morgan fingerprint density at radius 2 is 1.88 bits per heavy atom. The van der Waals surface area contributed by atoms with Crippen molar-refractivity contribution in [2.45, 2.75) is 26.8 Å². The highest BCUT2D eigenvalue weighted by Crippen LogP contribution is 2.33. The summed E-state index contributed by atoms with van der Waals surface area (Å²) in [6.07, 6.45) is 2.78. The summed E-state index contributed by atoms with van der Waals surface area (Å²) in [6.45, 7) is 5.40. The first kappa shape index (κ1) is 15.3. The van der Waals surface area contributed by atoms with Gasteiger partial charge in [-0.1, -0.05) is 43.6 Å². The highest BCUT2D eigenvalue weighted by atomic mass is 35.5. The summed E-state index contributed by atoms with van der Waals surface area (Å²) in [5.74, 6) is 0.620. The summed E-state index contributed by atoms with van der Waals surface area (Å²) in [5, 5.41) is 16.2. The van der Waals surface area contributed by atoms with Crippen LogP contribution in [-0.2, 0) is 6.54 Å². The fourth-order valence-corrected chi connectivity index (χ4v) is 3.61. The lowest BCUT2D eigenvalue weighted by atomic mass is 10.1. The van der Waals surface area contributed by atoms with E-state index in [0.717, 1.165) is 39.4 Å². The molecule has 24 heavy (non-hydrogen) atoms. The number of hydrogen-bond donors (Lipinski definition) is 0. The molecule has 0 fully saturated rings. The summed E-state index contributed by atoms with van der Waals surface area (Å²) in [4.78, 5) is 0. The SMILES string of the molecule is CC(C)CCn1c2ccccc2c2c[n+]([O-])c3cc(Cl)ccc3c21. The third-order valence-electron chi connectivity index (χ3n) is 4.64. The number of benzene rings is 2. The predicted octanol–water partition coefficient (Wildman–Crippen LogP) is 5.28. The van der Waals surface area contributed by atoms with Gasteiger partial charge in [-0.3, -0.25) is 0 Å². The third-order valence-corrected chi connectivity index (χ3v) is 4.87. The maximum Gasteiger partial charge on any atom is 0.227 e. The molecule has 0 aliphatic rings. The molecule has 4 rings (SSSR count). The van der Waals surface area contributed by atoms with Gasteiger partial charge < -0.3 is 9.77 Å². The molecule has 0 aliphatic heterocycles. The minimum absolute atomic E-state index is 0.580. The van der Waals surface area contributed by atoms with E-state index >= 15 is 0 Å². The molecule has 2 aromatic heterocycles. The molecule has 0 N–H and O–H groups in total. The second kappa shape index (κ2) is 5.67. The zero-order valence-corrected chi connectivity index (χ0v) is 14.5. The Hall–Kier alpha value is -2.26. The van der Waals surface area contributed by atoms with Crippen LogP contribution in [0.4, 0.5) is 0 Å². The van der Waals surface area contributed by atoms with Gasteiger partial charge in [-0.05, 0) is 30.5 Å². The maximum absolute atomic E-state index is 12.5. The number of halogens is 1. The van der Waals surface area contributed by atoms with Crippen molar-refractivity contribution in [2.75, 3.05) is 0 Å². The van der Waals surface area contributed by atoms with E-state index in [9.17, 15) is 5.21 Å². The molecule has 0 aliphatic carbocycles. The van der Waals surface area contributed by atoms with E-state index in [-0.39, 0.29) is 0 Å². The van der Waals surface area contributed by atoms with Crippen molar-refractivity contribution >= 4 is 44.3 Å². The topological polar surface area (TPSA) is 31.9 Å². The van der Waals surface area contributed by atoms with Crippen LogP contribution >= 0.6 is 11.6 Å².